The number of dihydropyridines is 1. The molecule has 1 saturated heterocycles. The molecule has 5 atom stereocenters. The molecule has 0 amide bonds. The van der Waals surface area contributed by atoms with Crippen LogP contribution in [0.25, 0.3) is 0 Å². The summed E-state index contributed by atoms with van der Waals surface area (Å²) in [7, 11) is 0. The van der Waals surface area contributed by atoms with Crippen molar-refractivity contribution in [3.05, 3.63) is 46.1 Å². The average Bonchev–Trinajstić information content (AvgIpc) is 3.21. The molecular weight excluding hydrogens is 316 g/mol. The molecule has 4 heterocycles. The van der Waals surface area contributed by atoms with Crippen molar-refractivity contribution in [3.8, 4) is 0 Å². The maximum Gasteiger partial charge on any atom is 0.196 e. The predicted octanol–water partition coefficient (Wildman–Crippen LogP) is 3.96. The van der Waals surface area contributed by atoms with Crippen LogP contribution in [0.2, 0.25) is 0 Å². The van der Waals surface area contributed by atoms with Gasteiger partial charge in [-0.05, 0) is 61.2 Å². The molecule has 0 aromatic carbocycles. The fraction of sp³-hybridized carbons (Fsp3) is 0.550. The Balaban J connectivity index is 1.48. The summed E-state index contributed by atoms with van der Waals surface area (Å²) >= 11 is 1.90. The number of hydrogen-bond acceptors (Lipinski definition) is 4. The zero-order valence-corrected chi connectivity index (χ0v) is 14.6. The van der Waals surface area contributed by atoms with Gasteiger partial charge in [-0.25, -0.2) is 4.99 Å². The van der Waals surface area contributed by atoms with Gasteiger partial charge in [0.15, 0.2) is 6.23 Å². The Hall–Kier alpha value is -1.26. The number of nitrogens with one attached hydrogen (secondary N) is 1. The minimum atomic E-state index is -2.18. The molecule has 126 valence electrons. The summed E-state index contributed by atoms with van der Waals surface area (Å²) in [6.45, 7) is 0.904. The summed E-state index contributed by atoms with van der Waals surface area (Å²) in [5.74, 6) is 1.57. The number of aliphatic imine (C=N–C) groups is 1. The normalized spacial score (nSPS) is 42.6. The monoisotopic (exact) mass is 343 g/mol. The van der Waals surface area contributed by atoms with Crippen molar-refractivity contribution in [2.24, 2.45) is 16.8 Å². The highest BCUT2D eigenvalue weighted by Gasteiger charge is 2.46. The fourth-order valence-electron chi connectivity index (χ4n) is 4.76. The van der Waals surface area contributed by atoms with Crippen LogP contribution in [-0.2, 0) is 4.74 Å². The molecule has 1 N–H and O–H groups in total. The van der Waals surface area contributed by atoms with Crippen molar-refractivity contribution in [2.45, 2.75) is 50.6 Å². The summed E-state index contributed by atoms with van der Waals surface area (Å²) in [5, 5.41) is 6.39. The Morgan fingerprint density at radius 1 is 1.46 bits per heavy atom. The van der Waals surface area contributed by atoms with E-state index in [2.05, 4.69) is 28.7 Å². The number of hydrogen-bond donors (Lipinski definition) is 1. The van der Waals surface area contributed by atoms with Crippen LogP contribution in [0, 0.1) is 11.8 Å². The number of fused-ring (bicyclic) bond motifs is 4. The molecule has 4 heteroatoms. The second-order valence-electron chi connectivity index (χ2n) is 7.25. The van der Waals surface area contributed by atoms with E-state index in [4.69, 9.17) is 8.85 Å². The average molecular weight is 344 g/mol. The quantitative estimate of drug-likeness (QED) is 0.782. The first-order valence-electron chi connectivity index (χ1n) is 10.4. The molecule has 5 aliphatic rings. The van der Waals surface area contributed by atoms with Gasteiger partial charge >= 0.3 is 0 Å². The van der Waals surface area contributed by atoms with Crippen molar-refractivity contribution < 1.29 is 8.85 Å². The van der Waals surface area contributed by atoms with Gasteiger partial charge in [-0.2, -0.15) is 0 Å². The van der Waals surface area contributed by atoms with Crippen molar-refractivity contribution in [3.63, 3.8) is 0 Å². The van der Waals surface area contributed by atoms with Crippen LogP contribution in [0.1, 0.15) is 37.2 Å². The maximum absolute atomic E-state index is 7.64. The maximum atomic E-state index is 7.64. The van der Waals surface area contributed by atoms with E-state index < -0.39 is 6.85 Å². The molecule has 1 fully saturated rings. The Kier molecular flexibility index (Phi) is 2.85. The molecule has 3 nitrogen and oxygen atoms in total. The van der Waals surface area contributed by atoms with Crippen molar-refractivity contribution in [1.29, 1.82) is 0 Å². The number of allylic oxidation sites excluding steroid dienone is 3. The molecule has 0 saturated carbocycles. The third kappa shape index (κ3) is 2.19. The highest BCUT2D eigenvalue weighted by molar-refractivity contribution is 8.03. The van der Waals surface area contributed by atoms with Gasteiger partial charge in [0.05, 0.1) is 5.25 Å². The van der Waals surface area contributed by atoms with Crippen LogP contribution >= 0.6 is 11.8 Å². The van der Waals surface area contributed by atoms with Crippen molar-refractivity contribution >= 4 is 17.5 Å². The largest absolute Gasteiger partial charge is 0.472 e. The molecule has 0 aromatic heterocycles. The van der Waals surface area contributed by atoms with Gasteiger partial charge in [-0.1, -0.05) is 12.2 Å². The summed E-state index contributed by atoms with van der Waals surface area (Å²) < 4.78 is 29.3. The number of nitrogens with zero attached hydrogens (tertiary/aromatic N) is 1. The van der Waals surface area contributed by atoms with Gasteiger partial charge in [-0.3, -0.25) is 0 Å². The van der Waals surface area contributed by atoms with E-state index in [1.54, 1.807) is 6.08 Å². The van der Waals surface area contributed by atoms with E-state index in [1.807, 2.05) is 17.8 Å². The third-order valence-electron chi connectivity index (χ3n) is 5.89. The summed E-state index contributed by atoms with van der Waals surface area (Å²) in [5.41, 5.74) is 4.38. The molecule has 0 radical (unpaired) electrons. The second kappa shape index (κ2) is 5.63. The highest BCUT2D eigenvalue weighted by atomic mass is 32.2. The first-order chi connectivity index (χ1) is 12.9. The van der Waals surface area contributed by atoms with E-state index in [9.17, 15) is 0 Å². The zero-order valence-electron chi connectivity index (χ0n) is 16.8. The van der Waals surface area contributed by atoms with Crippen molar-refractivity contribution in [2.75, 3.05) is 6.54 Å². The lowest BCUT2D eigenvalue weighted by Gasteiger charge is -2.35. The van der Waals surface area contributed by atoms with Gasteiger partial charge in [0, 0.05) is 34.2 Å². The molecule has 5 rings (SSSR count). The topological polar surface area (TPSA) is 33.6 Å². The van der Waals surface area contributed by atoms with Crippen LogP contribution in [0.4, 0.5) is 0 Å². The van der Waals surface area contributed by atoms with Crippen LogP contribution in [-0.4, -0.2) is 29.8 Å². The van der Waals surface area contributed by atoms with E-state index >= 15 is 0 Å². The number of ether oxygens (including phenoxy) is 1. The first-order valence-corrected chi connectivity index (χ1v) is 9.80. The molecule has 4 aliphatic heterocycles. The molecule has 0 spiro atoms. The zero-order chi connectivity index (χ0) is 18.8. The van der Waals surface area contributed by atoms with Crippen LogP contribution in [0.5, 0.6) is 0 Å². The van der Waals surface area contributed by atoms with Gasteiger partial charge < -0.3 is 10.1 Å². The smallest absolute Gasteiger partial charge is 0.196 e. The standard InChI is InChI=1S/C20H24N2OS/c1-11-10-24-19-13(11)8-9-21-17(19)16-5-3-4-14-15-7-6-12(2)22-20(15)23-18(14)16/h6-8,10,14-15,17,19-21H,3-5,9H2,1-2H3/t14?,15?,17-,19?,20?/m0/s1/i2D3. The minimum Gasteiger partial charge on any atom is -0.472 e. The Morgan fingerprint density at radius 3 is 3.33 bits per heavy atom. The van der Waals surface area contributed by atoms with E-state index in [1.165, 1.54) is 16.7 Å². The van der Waals surface area contributed by atoms with E-state index in [-0.39, 0.29) is 23.9 Å². The first kappa shape index (κ1) is 12.2. The molecular formula is C20H24N2OS. The highest BCUT2D eigenvalue weighted by Crippen LogP contribution is 2.49. The minimum absolute atomic E-state index is 0.163. The third-order valence-corrected chi connectivity index (χ3v) is 7.20. The lowest BCUT2D eigenvalue weighted by molar-refractivity contribution is 0.146. The molecule has 1 aliphatic carbocycles. The molecule has 24 heavy (non-hydrogen) atoms. The van der Waals surface area contributed by atoms with Crippen molar-refractivity contribution in [1.82, 2.24) is 5.32 Å². The van der Waals surface area contributed by atoms with Crippen LogP contribution in [0.3, 0.4) is 0 Å². The second-order valence-corrected chi connectivity index (χ2v) is 8.27. The molecule has 0 aromatic rings. The predicted molar refractivity (Wildman–Crippen MR) is 100.0 cm³/mol. The Labute approximate surface area is 152 Å². The summed E-state index contributed by atoms with van der Waals surface area (Å²) in [6, 6.07) is 0.289. The van der Waals surface area contributed by atoms with E-state index in [0.717, 1.165) is 31.6 Å². The lowest BCUT2D eigenvalue weighted by Crippen LogP contribution is -2.44. The number of rotatable bonds is 1. The van der Waals surface area contributed by atoms with Gasteiger partial charge in [0.2, 0.25) is 0 Å². The summed E-state index contributed by atoms with van der Waals surface area (Å²) in [6.07, 6.45) is 8.93. The van der Waals surface area contributed by atoms with Crippen LogP contribution in [0.15, 0.2) is 51.1 Å². The van der Waals surface area contributed by atoms with Crippen LogP contribution < -0.4 is 5.32 Å². The number of thioether (sulfide) groups is 1. The molecule has 4 unspecified atom stereocenters. The van der Waals surface area contributed by atoms with E-state index in [0.29, 0.717) is 11.2 Å². The lowest BCUT2D eigenvalue weighted by atomic mass is 9.77. The molecule has 0 bridgehead atoms. The fourth-order valence-corrected chi connectivity index (χ4v) is 6.09. The summed E-state index contributed by atoms with van der Waals surface area (Å²) in [4.78, 5) is 4.46. The van der Waals surface area contributed by atoms with Gasteiger partial charge in [0.25, 0.3) is 0 Å². The Morgan fingerprint density at radius 2 is 2.42 bits per heavy atom. The van der Waals surface area contributed by atoms with Gasteiger partial charge in [0.1, 0.15) is 5.76 Å². The SMILES string of the molecule is [2H]C([2H])([2H])C1=NC2OC3=C([C@@H]4NCC=C5C(C)=CSC54)CCCC3C2C=C1. The Bertz CT molecular complexity index is 824. The van der Waals surface area contributed by atoms with Gasteiger partial charge in [-0.15, -0.1) is 11.8 Å².